The van der Waals surface area contributed by atoms with Crippen LogP contribution >= 0.6 is 0 Å². The Balaban J connectivity index is 1.94. The number of nitrogen functional groups attached to an aromatic ring is 1. The molecule has 3 aromatic rings. The lowest BCUT2D eigenvalue weighted by molar-refractivity contribution is -0.137. The van der Waals surface area contributed by atoms with Crippen LogP contribution in [0.4, 0.5) is 18.9 Å². The second-order valence-electron chi connectivity index (χ2n) is 5.61. The molecule has 3 aromatic carbocycles. The van der Waals surface area contributed by atoms with Gasteiger partial charge in [-0.05, 0) is 41.5 Å². The van der Waals surface area contributed by atoms with Crippen molar-refractivity contribution in [2.24, 2.45) is 0 Å². The van der Waals surface area contributed by atoms with Crippen LogP contribution in [0, 0.1) is 0 Å². The molecular formula is C20H16F3NO. The molecule has 0 heterocycles. The Kier molecular flexibility index (Phi) is 4.65. The topological polar surface area (TPSA) is 35.2 Å². The molecular weight excluding hydrogens is 327 g/mol. The predicted molar refractivity (Wildman–Crippen MR) is 92.1 cm³/mol. The van der Waals surface area contributed by atoms with Crippen molar-refractivity contribution >= 4 is 5.69 Å². The van der Waals surface area contributed by atoms with Crippen LogP contribution in [-0.4, -0.2) is 0 Å². The van der Waals surface area contributed by atoms with E-state index in [-0.39, 0.29) is 0 Å². The molecule has 5 heteroatoms. The summed E-state index contributed by atoms with van der Waals surface area (Å²) in [6.45, 7) is 0.316. The fourth-order valence-corrected chi connectivity index (χ4v) is 2.50. The van der Waals surface area contributed by atoms with Gasteiger partial charge < -0.3 is 10.5 Å². The minimum absolute atomic E-state index is 0.316. The number of anilines is 1. The quantitative estimate of drug-likeness (QED) is 0.632. The van der Waals surface area contributed by atoms with E-state index in [4.69, 9.17) is 10.5 Å². The Morgan fingerprint density at radius 2 is 1.60 bits per heavy atom. The molecule has 0 spiro atoms. The molecule has 0 atom stereocenters. The first-order valence-electron chi connectivity index (χ1n) is 7.67. The van der Waals surface area contributed by atoms with Gasteiger partial charge in [0.2, 0.25) is 0 Å². The molecule has 128 valence electrons. The molecule has 0 aliphatic carbocycles. The zero-order chi connectivity index (χ0) is 17.9. The number of ether oxygens (including phenoxy) is 1. The molecule has 25 heavy (non-hydrogen) atoms. The van der Waals surface area contributed by atoms with Gasteiger partial charge in [-0.15, -0.1) is 0 Å². The summed E-state index contributed by atoms with van der Waals surface area (Å²) in [4.78, 5) is 0. The lowest BCUT2D eigenvalue weighted by atomic mass is 10.0. The maximum atomic E-state index is 13.0. The molecule has 0 aliphatic heterocycles. The number of halogens is 3. The van der Waals surface area contributed by atoms with Gasteiger partial charge in [-0.2, -0.15) is 13.2 Å². The Morgan fingerprint density at radius 3 is 2.32 bits per heavy atom. The van der Waals surface area contributed by atoms with Gasteiger partial charge in [0, 0.05) is 11.3 Å². The van der Waals surface area contributed by atoms with Gasteiger partial charge in [-0.3, -0.25) is 0 Å². The molecule has 0 bridgehead atoms. The summed E-state index contributed by atoms with van der Waals surface area (Å²) in [5, 5.41) is 0. The highest BCUT2D eigenvalue weighted by molar-refractivity contribution is 5.74. The van der Waals surface area contributed by atoms with Crippen LogP contribution in [0.3, 0.4) is 0 Å². The highest BCUT2D eigenvalue weighted by Crippen LogP contribution is 2.36. The van der Waals surface area contributed by atoms with E-state index in [1.165, 1.54) is 6.07 Å². The average molecular weight is 343 g/mol. The summed E-state index contributed by atoms with van der Waals surface area (Å²) < 4.78 is 44.8. The number of rotatable bonds is 4. The number of alkyl halides is 3. The Morgan fingerprint density at radius 1 is 0.840 bits per heavy atom. The molecule has 0 aromatic heterocycles. The maximum Gasteiger partial charge on any atom is 0.416 e. The number of benzene rings is 3. The summed E-state index contributed by atoms with van der Waals surface area (Å²) >= 11 is 0. The largest absolute Gasteiger partial charge is 0.488 e. The van der Waals surface area contributed by atoms with Gasteiger partial charge in [0.15, 0.2) is 0 Å². The van der Waals surface area contributed by atoms with Gasteiger partial charge in [0.1, 0.15) is 12.4 Å². The maximum absolute atomic E-state index is 13.0. The third-order valence-electron chi connectivity index (χ3n) is 3.74. The van der Waals surface area contributed by atoms with E-state index in [1.54, 1.807) is 24.3 Å². The highest BCUT2D eigenvalue weighted by Gasteiger charge is 2.30. The Bertz CT molecular complexity index is 860. The van der Waals surface area contributed by atoms with Crippen LogP contribution in [-0.2, 0) is 12.8 Å². The second kappa shape index (κ2) is 6.89. The van der Waals surface area contributed by atoms with Gasteiger partial charge in [0.25, 0.3) is 0 Å². The predicted octanol–water partition coefficient (Wildman–Crippen LogP) is 5.53. The van der Waals surface area contributed by atoms with Gasteiger partial charge >= 0.3 is 6.18 Å². The molecule has 2 nitrogen and oxygen atoms in total. The van der Waals surface area contributed by atoms with Gasteiger partial charge in [0.05, 0.1) is 5.56 Å². The fraction of sp³-hybridized carbons (Fsp3) is 0.100. The monoisotopic (exact) mass is 343 g/mol. The molecule has 0 fully saturated rings. The summed E-state index contributed by atoms with van der Waals surface area (Å²) in [6, 6.07) is 19.6. The van der Waals surface area contributed by atoms with Crippen LogP contribution in [0.25, 0.3) is 11.1 Å². The van der Waals surface area contributed by atoms with Crippen molar-refractivity contribution in [2.45, 2.75) is 12.8 Å². The number of hydrogen-bond donors (Lipinski definition) is 1. The van der Waals surface area contributed by atoms with Crippen LogP contribution in [0.2, 0.25) is 0 Å². The molecule has 0 unspecified atom stereocenters. The molecule has 0 saturated heterocycles. The van der Waals surface area contributed by atoms with E-state index in [9.17, 15) is 13.2 Å². The Labute approximate surface area is 143 Å². The molecule has 0 amide bonds. The fourth-order valence-electron chi connectivity index (χ4n) is 2.50. The van der Waals surface area contributed by atoms with Gasteiger partial charge in [-0.25, -0.2) is 0 Å². The van der Waals surface area contributed by atoms with Crippen LogP contribution in [0.1, 0.15) is 11.1 Å². The van der Waals surface area contributed by atoms with E-state index in [2.05, 4.69) is 0 Å². The highest BCUT2D eigenvalue weighted by atomic mass is 19.4. The van der Waals surface area contributed by atoms with Crippen LogP contribution < -0.4 is 10.5 Å². The zero-order valence-electron chi connectivity index (χ0n) is 13.3. The summed E-state index contributed by atoms with van der Waals surface area (Å²) in [6.07, 6.45) is -4.40. The first-order valence-corrected chi connectivity index (χ1v) is 7.67. The standard InChI is InChI=1S/C20H16F3NO/c21-20(22,23)16-8-4-7-15(11-16)18-12-17(24)9-10-19(18)25-13-14-5-2-1-3-6-14/h1-12H,13,24H2. The average Bonchev–Trinajstić information content (AvgIpc) is 2.61. The lowest BCUT2D eigenvalue weighted by Crippen LogP contribution is -2.04. The van der Waals surface area contributed by atoms with Crippen molar-refractivity contribution in [2.75, 3.05) is 5.73 Å². The molecule has 3 rings (SSSR count). The van der Waals surface area contributed by atoms with Crippen molar-refractivity contribution < 1.29 is 17.9 Å². The number of hydrogen-bond acceptors (Lipinski definition) is 2. The lowest BCUT2D eigenvalue weighted by Gasteiger charge is -2.14. The first kappa shape index (κ1) is 16.9. The minimum Gasteiger partial charge on any atom is -0.488 e. The van der Waals surface area contributed by atoms with Crippen LogP contribution in [0.15, 0.2) is 72.8 Å². The van der Waals surface area contributed by atoms with E-state index in [1.807, 2.05) is 30.3 Å². The van der Waals surface area contributed by atoms with Crippen molar-refractivity contribution in [3.8, 4) is 16.9 Å². The summed E-state index contributed by atoms with van der Waals surface area (Å²) in [5.74, 6) is 0.484. The summed E-state index contributed by atoms with van der Waals surface area (Å²) in [7, 11) is 0. The smallest absolute Gasteiger partial charge is 0.416 e. The minimum atomic E-state index is -4.40. The van der Waals surface area contributed by atoms with Crippen molar-refractivity contribution in [3.05, 3.63) is 83.9 Å². The third-order valence-corrected chi connectivity index (χ3v) is 3.74. The van der Waals surface area contributed by atoms with Gasteiger partial charge in [-0.1, -0.05) is 42.5 Å². The normalized spacial score (nSPS) is 11.3. The van der Waals surface area contributed by atoms with E-state index in [0.29, 0.717) is 29.2 Å². The number of nitrogens with two attached hydrogens (primary N) is 1. The molecule has 2 N–H and O–H groups in total. The zero-order valence-corrected chi connectivity index (χ0v) is 13.3. The molecule has 0 aliphatic rings. The van der Waals surface area contributed by atoms with Crippen LogP contribution in [0.5, 0.6) is 5.75 Å². The molecule has 0 saturated carbocycles. The van der Waals surface area contributed by atoms with Crippen molar-refractivity contribution in [3.63, 3.8) is 0 Å². The first-order chi connectivity index (χ1) is 11.9. The van der Waals surface area contributed by atoms with E-state index < -0.39 is 11.7 Å². The van der Waals surface area contributed by atoms with E-state index >= 15 is 0 Å². The van der Waals surface area contributed by atoms with Crippen molar-refractivity contribution in [1.29, 1.82) is 0 Å². The molecule has 0 radical (unpaired) electrons. The van der Waals surface area contributed by atoms with Crippen molar-refractivity contribution in [1.82, 2.24) is 0 Å². The van der Waals surface area contributed by atoms with E-state index in [0.717, 1.165) is 17.7 Å². The second-order valence-corrected chi connectivity index (χ2v) is 5.61. The Hall–Kier alpha value is -2.95. The third kappa shape index (κ3) is 4.12. The SMILES string of the molecule is Nc1ccc(OCc2ccccc2)c(-c2cccc(C(F)(F)F)c2)c1. The summed E-state index contributed by atoms with van der Waals surface area (Å²) in [5.41, 5.74) is 7.47.